The standard InChI is InChI=1S/C28H33ClN2O4/c1-28(2,3)35-27(34)18-11-9-17(10-12-18)25-21-14-13-19(32)15-23(21)31(30-25)26(33)24-20(16-7-8-16)5-4-6-22(24)29/h4-6,9,16,18-19,32H,7-8,10-15H2,1-3H3. The van der Waals surface area contributed by atoms with Gasteiger partial charge < -0.3 is 9.84 Å². The molecule has 1 fully saturated rings. The number of hydrogen-bond acceptors (Lipinski definition) is 5. The Balaban J connectivity index is 1.48. The highest BCUT2D eigenvalue weighted by molar-refractivity contribution is 6.34. The highest BCUT2D eigenvalue weighted by Crippen LogP contribution is 2.44. The number of rotatable bonds is 4. The molecule has 0 saturated heterocycles. The van der Waals surface area contributed by atoms with Crippen LogP contribution in [0.5, 0.6) is 0 Å². The molecule has 3 aliphatic rings. The highest BCUT2D eigenvalue weighted by atomic mass is 35.5. The molecule has 186 valence electrons. The molecule has 0 amide bonds. The fourth-order valence-electron chi connectivity index (χ4n) is 5.28. The molecule has 0 radical (unpaired) electrons. The molecule has 2 atom stereocenters. The minimum Gasteiger partial charge on any atom is -0.460 e. The lowest BCUT2D eigenvalue weighted by Gasteiger charge is -2.26. The maximum absolute atomic E-state index is 13.8. The summed E-state index contributed by atoms with van der Waals surface area (Å²) in [6.07, 6.45) is 7.40. The predicted octanol–water partition coefficient (Wildman–Crippen LogP) is 5.48. The molecule has 3 aliphatic carbocycles. The molecule has 0 spiro atoms. The Morgan fingerprint density at radius 2 is 1.91 bits per heavy atom. The van der Waals surface area contributed by atoms with Gasteiger partial charge in [-0.05, 0) is 88.8 Å². The third-order valence-electron chi connectivity index (χ3n) is 7.17. The minimum atomic E-state index is -0.502. The van der Waals surface area contributed by atoms with Gasteiger partial charge in [0.2, 0.25) is 0 Å². The number of halogens is 1. The van der Waals surface area contributed by atoms with Gasteiger partial charge in [0.05, 0.1) is 34.0 Å². The number of fused-ring (bicyclic) bond motifs is 1. The van der Waals surface area contributed by atoms with Crippen molar-refractivity contribution >= 4 is 29.1 Å². The van der Waals surface area contributed by atoms with E-state index in [1.54, 1.807) is 6.07 Å². The molecule has 2 unspecified atom stereocenters. The fourth-order valence-corrected chi connectivity index (χ4v) is 5.54. The van der Waals surface area contributed by atoms with E-state index in [-0.39, 0.29) is 17.8 Å². The molecule has 1 aromatic heterocycles. The fraction of sp³-hybridized carbons (Fsp3) is 0.536. The Kier molecular flexibility index (Phi) is 6.39. The lowest BCUT2D eigenvalue weighted by Crippen LogP contribution is -2.29. The Bertz CT molecular complexity index is 1200. The summed E-state index contributed by atoms with van der Waals surface area (Å²) in [6.45, 7) is 5.65. The third-order valence-corrected chi connectivity index (χ3v) is 7.49. The van der Waals surface area contributed by atoms with Crippen molar-refractivity contribution < 1.29 is 19.4 Å². The summed E-state index contributed by atoms with van der Waals surface area (Å²) in [7, 11) is 0. The summed E-state index contributed by atoms with van der Waals surface area (Å²) in [5.41, 5.74) is 4.70. The molecule has 6 nitrogen and oxygen atoms in total. The van der Waals surface area contributed by atoms with Gasteiger partial charge >= 0.3 is 5.97 Å². The largest absolute Gasteiger partial charge is 0.460 e. The molecular formula is C28H33ClN2O4. The second kappa shape index (κ2) is 9.21. The number of aliphatic hydroxyl groups excluding tert-OH is 1. The van der Waals surface area contributed by atoms with Crippen LogP contribution in [0.25, 0.3) is 5.57 Å². The van der Waals surface area contributed by atoms with Crippen LogP contribution in [0.15, 0.2) is 24.3 Å². The van der Waals surface area contributed by atoms with Crippen LogP contribution in [0.3, 0.4) is 0 Å². The zero-order valence-electron chi connectivity index (χ0n) is 20.6. The van der Waals surface area contributed by atoms with E-state index in [2.05, 4.69) is 6.08 Å². The molecule has 1 heterocycles. The molecule has 35 heavy (non-hydrogen) atoms. The molecule has 0 aliphatic heterocycles. The van der Waals surface area contributed by atoms with Crippen molar-refractivity contribution in [2.24, 2.45) is 5.92 Å². The number of ether oxygens (including phenoxy) is 1. The van der Waals surface area contributed by atoms with Gasteiger partial charge in [0, 0.05) is 12.0 Å². The lowest BCUT2D eigenvalue weighted by molar-refractivity contribution is -0.160. The van der Waals surface area contributed by atoms with Gasteiger partial charge in [-0.25, -0.2) is 0 Å². The van der Waals surface area contributed by atoms with Gasteiger partial charge in [-0.3, -0.25) is 9.59 Å². The number of nitrogens with zero attached hydrogens (tertiary/aromatic N) is 2. The van der Waals surface area contributed by atoms with E-state index in [0.29, 0.717) is 55.0 Å². The summed E-state index contributed by atoms with van der Waals surface area (Å²) in [4.78, 5) is 26.4. The zero-order valence-corrected chi connectivity index (χ0v) is 21.4. The highest BCUT2D eigenvalue weighted by Gasteiger charge is 2.35. The third kappa shape index (κ3) is 4.96. The molecule has 0 bridgehead atoms. The number of esters is 1. The summed E-state index contributed by atoms with van der Waals surface area (Å²) < 4.78 is 7.07. The molecule has 1 saturated carbocycles. The number of benzene rings is 1. The van der Waals surface area contributed by atoms with E-state index in [4.69, 9.17) is 21.4 Å². The second-order valence-electron chi connectivity index (χ2n) is 11.1. The smallest absolute Gasteiger partial charge is 0.309 e. The molecular weight excluding hydrogens is 464 g/mol. The predicted molar refractivity (Wildman–Crippen MR) is 135 cm³/mol. The maximum atomic E-state index is 13.8. The van der Waals surface area contributed by atoms with Crippen molar-refractivity contribution in [2.75, 3.05) is 0 Å². The van der Waals surface area contributed by atoms with Gasteiger partial charge in [-0.1, -0.05) is 29.8 Å². The van der Waals surface area contributed by atoms with Gasteiger partial charge in [0.25, 0.3) is 5.91 Å². The topological polar surface area (TPSA) is 81.4 Å². The lowest BCUT2D eigenvalue weighted by atomic mass is 9.85. The number of allylic oxidation sites excluding steroid dienone is 2. The zero-order chi connectivity index (χ0) is 24.9. The average molecular weight is 497 g/mol. The quantitative estimate of drug-likeness (QED) is 0.567. The number of aliphatic hydroxyl groups is 1. The first kappa shape index (κ1) is 24.3. The van der Waals surface area contributed by atoms with Crippen LogP contribution < -0.4 is 0 Å². The Hall–Kier alpha value is -2.44. The van der Waals surface area contributed by atoms with Crippen molar-refractivity contribution in [1.82, 2.24) is 9.78 Å². The van der Waals surface area contributed by atoms with Crippen molar-refractivity contribution in [3.8, 4) is 0 Å². The molecule has 1 aromatic carbocycles. The van der Waals surface area contributed by atoms with E-state index in [1.165, 1.54) is 4.68 Å². The van der Waals surface area contributed by atoms with Gasteiger partial charge in [-0.2, -0.15) is 9.78 Å². The van der Waals surface area contributed by atoms with Crippen LogP contribution >= 0.6 is 11.6 Å². The number of carbonyl (C=O) groups excluding carboxylic acids is 2. The van der Waals surface area contributed by atoms with Crippen LogP contribution in [0, 0.1) is 5.92 Å². The van der Waals surface area contributed by atoms with E-state index in [9.17, 15) is 14.7 Å². The van der Waals surface area contributed by atoms with Crippen molar-refractivity contribution in [1.29, 1.82) is 0 Å². The molecule has 1 N–H and O–H groups in total. The van der Waals surface area contributed by atoms with E-state index in [1.807, 2.05) is 32.9 Å². The van der Waals surface area contributed by atoms with Crippen molar-refractivity contribution in [3.05, 3.63) is 57.4 Å². The average Bonchev–Trinajstić information content (AvgIpc) is 3.58. The Morgan fingerprint density at radius 3 is 2.57 bits per heavy atom. The second-order valence-corrected chi connectivity index (χ2v) is 11.5. The van der Waals surface area contributed by atoms with E-state index >= 15 is 0 Å². The number of carbonyl (C=O) groups is 2. The van der Waals surface area contributed by atoms with Crippen LogP contribution in [-0.4, -0.2) is 38.5 Å². The molecule has 2 aromatic rings. The summed E-state index contributed by atoms with van der Waals surface area (Å²) in [5, 5.41) is 15.7. The van der Waals surface area contributed by atoms with Gasteiger partial charge in [0.1, 0.15) is 5.60 Å². The first-order chi connectivity index (χ1) is 16.6. The molecule has 7 heteroatoms. The Labute approximate surface area is 211 Å². The summed E-state index contributed by atoms with van der Waals surface area (Å²) >= 11 is 6.54. The SMILES string of the molecule is CC(C)(C)OC(=O)C1CC=C(c2nn(C(=O)c3c(Cl)cccc3C3CC3)c3c2CCC(O)C3)CC1. The van der Waals surface area contributed by atoms with Crippen molar-refractivity contribution in [2.45, 2.75) is 89.8 Å². The van der Waals surface area contributed by atoms with E-state index in [0.717, 1.165) is 40.9 Å². The van der Waals surface area contributed by atoms with Gasteiger partial charge in [-0.15, -0.1) is 0 Å². The number of hydrogen-bond donors (Lipinski definition) is 1. The van der Waals surface area contributed by atoms with Crippen LogP contribution in [0.2, 0.25) is 5.02 Å². The van der Waals surface area contributed by atoms with Crippen LogP contribution in [0.4, 0.5) is 0 Å². The van der Waals surface area contributed by atoms with Gasteiger partial charge in [0.15, 0.2) is 0 Å². The van der Waals surface area contributed by atoms with Crippen LogP contribution in [0.1, 0.15) is 98.1 Å². The minimum absolute atomic E-state index is 0.162. The van der Waals surface area contributed by atoms with E-state index < -0.39 is 11.7 Å². The Morgan fingerprint density at radius 1 is 1.14 bits per heavy atom. The maximum Gasteiger partial charge on any atom is 0.309 e. The number of aromatic nitrogens is 2. The van der Waals surface area contributed by atoms with Crippen molar-refractivity contribution in [3.63, 3.8) is 0 Å². The summed E-state index contributed by atoms with van der Waals surface area (Å²) in [6, 6.07) is 5.64. The monoisotopic (exact) mass is 496 g/mol. The first-order valence-electron chi connectivity index (χ1n) is 12.7. The van der Waals surface area contributed by atoms with Crippen LogP contribution in [-0.2, 0) is 22.4 Å². The molecule has 5 rings (SSSR count). The summed E-state index contributed by atoms with van der Waals surface area (Å²) in [5.74, 6) is -0.180. The normalized spacial score (nSPS) is 22.4. The first-order valence-corrected chi connectivity index (χ1v) is 13.0.